The average Bonchev–Trinajstić information content (AvgIpc) is 2.80. The van der Waals surface area contributed by atoms with Crippen molar-refractivity contribution in [3.63, 3.8) is 0 Å². The lowest BCUT2D eigenvalue weighted by atomic mass is 10.1. The zero-order chi connectivity index (χ0) is 23.8. The van der Waals surface area contributed by atoms with Crippen molar-refractivity contribution < 1.29 is 14.3 Å². The van der Waals surface area contributed by atoms with E-state index in [1.54, 1.807) is 30.3 Å². The zero-order valence-electron chi connectivity index (χ0n) is 18.8. The van der Waals surface area contributed by atoms with Gasteiger partial charge in [-0.3, -0.25) is 9.59 Å². The highest BCUT2D eigenvalue weighted by atomic mass is 16.5. The fourth-order valence-electron chi connectivity index (χ4n) is 3.14. The summed E-state index contributed by atoms with van der Waals surface area (Å²) < 4.78 is 5.71. The summed E-state index contributed by atoms with van der Waals surface area (Å²) in [6.45, 7) is 5.53. The quantitative estimate of drug-likeness (QED) is 0.392. The van der Waals surface area contributed by atoms with E-state index < -0.39 is 5.91 Å². The standard InChI is InChI=1S/C27H25N3O3/c1-18-12-13-20(3)24(14-18)29-26(31)17-33-25-11-7-5-9-21(25)15-22(16-28)27(32)30-23-10-6-4-8-19(23)2/h4-15H,17H2,1-3H3,(H,29,31)(H,30,32)/b22-15-. The van der Waals surface area contributed by atoms with Crippen LogP contribution in [0.1, 0.15) is 22.3 Å². The maximum Gasteiger partial charge on any atom is 0.266 e. The number of carbonyl (C=O) groups is 2. The molecule has 166 valence electrons. The number of anilines is 2. The Labute approximate surface area is 193 Å². The number of nitrogens with one attached hydrogen (secondary N) is 2. The number of rotatable bonds is 7. The van der Waals surface area contributed by atoms with Crippen LogP contribution in [-0.2, 0) is 9.59 Å². The van der Waals surface area contributed by atoms with Crippen LogP contribution in [-0.4, -0.2) is 18.4 Å². The molecule has 0 aliphatic carbocycles. The molecule has 0 heterocycles. The fraction of sp³-hybridized carbons (Fsp3) is 0.148. The van der Waals surface area contributed by atoms with E-state index in [1.807, 2.05) is 63.2 Å². The van der Waals surface area contributed by atoms with Gasteiger partial charge in [-0.05, 0) is 61.7 Å². The summed E-state index contributed by atoms with van der Waals surface area (Å²) in [5.41, 5.74) is 4.70. The number of benzene rings is 3. The Hall–Kier alpha value is -4.37. The highest BCUT2D eigenvalue weighted by Gasteiger charge is 2.13. The molecular weight excluding hydrogens is 414 g/mol. The number of ether oxygens (including phenoxy) is 1. The molecule has 0 aliphatic rings. The molecule has 6 heteroatoms. The molecular formula is C27H25N3O3. The van der Waals surface area contributed by atoms with Gasteiger partial charge in [-0.1, -0.05) is 48.5 Å². The second kappa shape index (κ2) is 10.8. The van der Waals surface area contributed by atoms with Crippen LogP contribution >= 0.6 is 0 Å². The molecule has 3 aromatic carbocycles. The SMILES string of the molecule is Cc1ccc(C)c(NC(=O)COc2ccccc2/C=C(/C#N)C(=O)Nc2ccccc2C)c1. The largest absolute Gasteiger partial charge is 0.483 e. The lowest BCUT2D eigenvalue weighted by Gasteiger charge is -2.12. The predicted octanol–water partition coefficient (Wildman–Crippen LogP) is 5.18. The van der Waals surface area contributed by atoms with E-state index in [1.165, 1.54) is 6.08 Å². The smallest absolute Gasteiger partial charge is 0.266 e. The van der Waals surface area contributed by atoms with Crippen LogP contribution in [0.5, 0.6) is 5.75 Å². The van der Waals surface area contributed by atoms with Gasteiger partial charge in [0.25, 0.3) is 11.8 Å². The maximum atomic E-state index is 12.6. The van der Waals surface area contributed by atoms with Gasteiger partial charge in [-0.2, -0.15) is 5.26 Å². The van der Waals surface area contributed by atoms with E-state index in [0.717, 1.165) is 22.4 Å². The monoisotopic (exact) mass is 439 g/mol. The van der Waals surface area contributed by atoms with Gasteiger partial charge in [0, 0.05) is 16.9 Å². The van der Waals surface area contributed by atoms with Crippen molar-refractivity contribution in [3.05, 3.63) is 94.6 Å². The average molecular weight is 440 g/mol. The van der Waals surface area contributed by atoms with Crippen LogP contribution in [0.25, 0.3) is 6.08 Å². The summed E-state index contributed by atoms with van der Waals surface area (Å²) in [6.07, 6.45) is 1.45. The molecule has 0 aliphatic heterocycles. The number of carbonyl (C=O) groups excluding carboxylic acids is 2. The number of amides is 2. The normalized spacial score (nSPS) is 10.8. The molecule has 3 rings (SSSR count). The van der Waals surface area contributed by atoms with E-state index >= 15 is 0 Å². The first kappa shape index (κ1) is 23.3. The second-order valence-corrected chi connectivity index (χ2v) is 7.63. The molecule has 2 N–H and O–H groups in total. The van der Waals surface area contributed by atoms with Crippen molar-refractivity contribution >= 4 is 29.3 Å². The van der Waals surface area contributed by atoms with Crippen molar-refractivity contribution in [2.45, 2.75) is 20.8 Å². The van der Waals surface area contributed by atoms with Crippen molar-refractivity contribution in [1.29, 1.82) is 5.26 Å². The van der Waals surface area contributed by atoms with Crippen LogP contribution in [0.15, 0.2) is 72.3 Å². The van der Waals surface area contributed by atoms with Crippen LogP contribution in [0.4, 0.5) is 11.4 Å². The number of hydrogen-bond acceptors (Lipinski definition) is 4. The Morgan fingerprint density at radius 3 is 2.36 bits per heavy atom. The molecule has 33 heavy (non-hydrogen) atoms. The Balaban J connectivity index is 1.72. The van der Waals surface area contributed by atoms with E-state index in [2.05, 4.69) is 10.6 Å². The minimum atomic E-state index is -0.519. The highest BCUT2D eigenvalue weighted by Crippen LogP contribution is 2.22. The third-order valence-electron chi connectivity index (χ3n) is 5.00. The van der Waals surface area contributed by atoms with Crippen LogP contribution in [0, 0.1) is 32.1 Å². The second-order valence-electron chi connectivity index (χ2n) is 7.63. The number of nitrogens with zero attached hydrogens (tertiary/aromatic N) is 1. The number of nitriles is 1. The minimum Gasteiger partial charge on any atom is -0.483 e. The van der Waals surface area contributed by atoms with Gasteiger partial charge in [0.05, 0.1) is 0 Å². The lowest BCUT2D eigenvalue weighted by Crippen LogP contribution is -2.21. The maximum absolute atomic E-state index is 12.6. The van der Waals surface area contributed by atoms with Crippen molar-refractivity contribution in [1.82, 2.24) is 0 Å². The molecule has 0 spiro atoms. The third-order valence-corrected chi connectivity index (χ3v) is 5.00. The summed E-state index contributed by atoms with van der Waals surface area (Å²) in [5.74, 6) is -0.431. The molecule has 6 nitrogen and oxygen atoms in total. The molecule has 0 saturated carbocycles. The Morgan fingerprint density at radius 1 is 0.909 bits per heavy atom. The van der Waals surface area contributed by atoms with Crippen LogP contribution < -0.4 is 15.4 Å². The van der Waals surface area contributed by atoms with E-state index in [9.17, 15) is 14.9 Å². The first-order chi connectivity index (χ1) is 15.9. The molecule has 0 aromatic heterocycles. The number of aryl methyl sites for hydroxylation is 3. The summed E-state index contributed by atoms with van der Waals surface area (Å²) in [5, 5.41) is 15.1. The zero-order valence-corrected chi connectivity index (χ0v) is 18.8. The van der Waals surface area contributed by atoms with E-state index in [-0.39, 0.29) is 18.1 Å². The van der Waals surface area contributed by atoms with E-state index in [0.29, 0.717) is 17.0 Å². The molecule has 0 atom stereocenters. The Kier molecular flexibility index (Phi) is 7.61. The summed E-state index contributed by atoms with van der Waals surface area (Å²) >= 11 is 0. The van der Waals surface area contributed by atoms with Crippen molar-refractivity contribution in [2.75, 3.05) is 17.2 Å². The molecule has 0 unspecified atom stereocenters. The fourth-order valence-corrected chi connectivity index (χ4v) is 3.14. The number of hydrogen-bond donors (Lipinski definition) is 2. The van der Waals surface area contributed by atoms with E-state index in [4.69, 9.17) is 4.74 Å². The lowest BCUT2D eigenvalue weighted by molar-refractivity contribution is -0.118. The Bertz CT molecular complexity index is 1260. The van der Waals surface area contributed by atoms with Crippen LogP contribution in [0.2, 0.25) is 0 Å². The molecule has 0 radical (unpaired) electrons. The summed E-state index contributed by atoms with van der Waals surface area (Å²) in [6, 6.07) is 22.0. The molecule has 0 fully saturated rings. The van der Waals surface area contributed by atoms with Gasteiger partial charge < -0.3 is 15.4 Å². The minimum absolute atomic E-state index is 0.0749. The van der Waals surface area contributed by atoms with Crippen molar-refractivity contribution in [2.24, 2.45) is 0 Å². The number of para-hydroxylation sites is 2. The first-order valence-corrected chi connectivity index (χ1v) is 10.4. The molecule has 0 saturated heterocycles. The molecule has 0 bridgehead atoms. The highest BCUT2D eigenvalue weighted by molar-refractivity contribution is 6.10. The van der Waals surface area contributed by atoms with Gasteiger partial charge in [0.2, 0.25) is 0 Å². The van der Waals surface area contributed by atoms with Gasteiger partial charge in [0.1, 0.15) is 17.4 Å². The van der Waals surface area contributed by atoms with Gasteiger partial charge in [0.15, 0.2) is 6.61 Å². The van der Waals surface area contributed by atoms with Gasteiger partial charge in [-0.15, -0.1) is 0 Å². The van der Waals surface area contributed by atoms with Gasteiger partial charge in [-0.25, -0.2) is 0 Å². The Morgan fingerprint density at radius 2 is 1.61 bits per heavy atom. The molecule has 2 amide bonds. The van der Waals surface area contributed by atoms with Crippen LogP contribution in [0.3, 0.4) is 0 Å². The van der Waals surface area contributed by atoms with Crippen molar-refractivity contribution in [3.8, 4) is 11.8 Å². The summed E-state index contributed by atoms with van der Waals surface area (Å²) in [7, 11) is 0. The summed E-state index contributed by atoms with van der Waals surface area (Å²) in [4.78, 5) is 25.0. The van der Waals surface area contributed by atoms with Gasteiger partial charge >= 0.3 is 0 Å². The third kappa shape index (κ3) is 6.31. The molecule has 3 aromatic rings. The predicted molar refractivity (Wildman–Crippen MR) is 130 cm³/mol. The first-order valence-electron chi connectivity index (χ1n) is 10.4. The topological polar surface area (TPSA) is 91.2 Å².